The van der Waals surface area contributed by atoms with E-state index in [1.54, 1.807) is 0 Å². The van der Waals surface area contributed by atoms with E-state index in [9.17, 15) is 18.0 Å². The zero-order chi connectivity index (χ0) is 13.3. The van der Waals surface area contributed by atoms with Gasteiger partial charge in [-0.25, -0.2) is 0 Å². The molecule has 0 aromatic carbocycles. The lowest BCUT2D eigenvalue weighted by atomic mass is 10.2. The normalized spacial score (nSPS) is 15.7. The summed E-state index contributed by atoms with van der Waals surface area (Å²) in [7, 11) is 0. The monoisotopic (exact) mass is 262 g/mol. The minimum absolute atomic E-state index is 0.0286. The molecule has 0 radical (unpaired) electrons. The minimum atomic E-state index is -4.29. The Morgan fingerprint density at radius 2 is 2.17 bits per heavy atom. The first-order valence-corrected chi connectivity index (χ1v) is 5.57. The number of nitrogens with zero attached hydrogens (tertiary/aromatic N) is 1. The number of amides is 1. The van der Waals surface area contributed by atoms with Gasteiger partial charge in [-0.1, -0.05) is 0 Å². The largest absolute Gasteiger partial charge is 0.395 e. The van der Waals surface area contributed by atoms with Crippen LogP contribution >= 0.6 is 0 Å². The zero-order valence-electron chi connectivity index (χ0n) is 9.47. The van der Waals surface area contributed by atoms with Crippen LogP contribution in [0.3, 0.4) is 0 Å². The van der Waals surface area contributed by atoms with Gasteiger partial charge in [0.15, 0.2) is 5.69 Å². The fraction of sp³-hybridized carbons (Fsp3) is 0.600. The van der Waals surface area contributed by atoms with Crippen molar-refractivity contribution < 1.29 is 18.0 Å². The van der Waals surface area contributed by atoms with Crippen molar-refractivity contribution in [2.45, 2.75) is 31.4 Å². The molecular formula is C10H13F3N4O. The number of nitrogens with two attached hydrogens (primary N) is 1. The lowest BCUT2D eigenvalue weighted by molar-refractivity contribution is -0.132. The molecule has 0 saturated heterocycles. The number of hydrogen-bond acceptors (Lipinski definition) is 3. The van der Waals surface area contributed by atoms with Gasteiger partial charge in [-0.2, -0.15) is 18.3 Å². The highest BCUT2D eigenvalue weighted by atomic mass is 19.4. The Balaban J connectivity index is 1.92. The van der Waals surface area contributed by atoms with E-state index in [-0.39, 0.29) is 11.4 Å². The Morgan fingerprint density at radius 1 is 1.50 bits per heavy atom. The van der Waals surface area contributed by atoms with Gasteiger partial charge >= 0.3 is 6.18 Å². The van der Waals surface area contributed by atoms with Gasteiger partial charge in [0.2, 0.25) is 0 Å². The molecule has 8 heteroatoms. The van der Waals surface area contributed by atoms with E-state index in [0.29, 0.717) is 11.6 Å². The summed E-state index contributed by atoms with van der Waals surface area (Å²) in [6.45, 7) is -0.479. The van der Waals surface area contributed by atoms with Crippen molar-refractivity contribution >= 4 is 11.6 Å². The maximum atomic E-state index is 11.9. The Kier molecular flexibility index (Phi) is 3.18. The van der Waals surface area contributed by atoms with E-state index in [2.05, 4.69) is 15.5 Å². The van der Waals surface area contributed by atoms with Crippen LogP contribution in [-0.2, 0) is 0 Å². The highest BCUT2D eigenvalue weighted by Crippen LogP contribution is 2.42. The van der Waals surface area contributed by atoms with Gasteiger partial charge in [-0.15, -0.1) is 0 Å². The summed E-state index contributed by atoms with van der Waals surface area (Å²) in [5, 5.41) is 8.56. The van der Waals surface area contributed by atoms with Crippen molar-refractivity contribution in [2.24, 2.45) is 0 Å². The molecule has 1 aliphatic rings. The van der Waals surface area contributed by atoms with Gasteiger partial charge in [-0.3, -0.25) is 9.89 Å². The van der Waals surface area contributed by atoms with Gasteiger partial charge in [0, 0.05) is 12.5 Å². The summed E-state index contributed by atoms with van der Waals surface area (Å²) in [6, 6.07) is 0. The molecule has 5 nitrogen and oxygen atoms in total. The molecule has 1 aromatic heterocycles. The quantitative estimate of drug-likeness (QED) is 0.769. The lowest BCUT2D eigenvalue weighted by Crippen LogP contribution is -2.28. The second-order valence-corrected chi connectivity index (χ2v) is 4.29. The van der Waals surface area contributed by atoms with Crippen LogP contribution in [0.1, 0.15) is 41.4 Å². The summed E-state index contributed by atoms with van der Waals surface area (Å²) >= 11 is 0. The number of rotatable bonds is 4. The predicted molar refractivity (Wildman–Crippen MR) is 58.0 cm³/mol. The topological polar surface area (TPSA) is 83.8 Å². The molecule has 4 N–H and O–H groups in total. The standard InChI is InChI=1S/C10H13F3N4O/c11-10(12,13)3-4-15-9(18)8-6(14)7(16-17-8)5-1-2-5/h5H,1-4,14H2,(H,15,18)(H,16,17). The first-order chi connectivity index (χ1) is 8.38. The fourth-order valence-electron chi connectivity index (χ4n) is 1.62. The van der Waals surface area contributed by atoms with Crippen LogP contribution in [0.4, 0.5) is 18.9 Å². The Hall–Kier alpha value is -1.73. The molecule has 18 heavy (non-hydrogen) atoms. The molecule has 2 rings (SSSR count). The maximum Gasteiger partial charge on any atom is 0.390 e. The molecule has 1 aliphatic carbocycles. The Labute approximate surface area is 101 Å². The van der Waals surface area contributed by atoms with Crippen LogP contribution in [-0.4, -0.2) is 28.8 Å². The number of H-pyrrole nitrogens is 1. The summed E-state index contributed by atoms with van der Waals surface area (Å²) in [5.74, 6) is -0.380. The molecule has 1 saturated carbocycles. The van der Waals surface area contributed by atoms with E-state index in [1.807, 2.05) is 0 Å². The van der Waals surface area contributed by atoms with E-state index in [4.69, 9.17) is 5.73 Å². The highest BCUT2D eigenvalue weighted by molar-refractivity contribution is 5.97. The van der Waals surface area contributed by atoms with Crippen molar-refractivity contribution in [3.8, 4) is 0 Å². The number of aromatic amines is 1. The zero-order valence-corrected chi connectivity index (χ0v) is 9.47. The smallest absolute Gasteiger partial charge is 0.390 e. The van der Waals surface area contributed by atoms with Crippen LogP contribution in [0.25, 0.3) is 0 Å². The second kappa shape index (κ2) is 4.51. The van der Waals surface area contributed by atoms with Crippen molar-refractivity contribution in [1.29, 1.82) is 0 Å². The average Bonchev–Trinajstić information content (AvgIpc) is 3.00. The van der Waals surface area contributed by atoms with E-state index < -0.39 is 25.0 Å². The van der Waals surface area contributed by atoms with Crippen molar-refractivity contribution in [3.63, 3.8) is 0 Å². The Morgan fingerprint density at radius 3 is 2.72 bits per heavy atom. The van der Waals surface area contributed by atoms with Crippen LogP contribution in [0.2, 0.25) is 0 Å². The number of carbonyl (C=O) groups is 1. The third kappa shape index (κ3) is 2.93. The van der Waals surface area contributed by atoms with Crippen LogP contribution in [0, 0.1) is 0 Å². The number of halogens is 3. The van der Waals surface area contributed by atoms with Crippen molar-refractivity contribution in [2.75, 3.05) is 12.3 Å². The molecule has 1 amide bonds. The summed E-state index contributed by atoms with van der Waals surface area (Å²) in [4.78, 5) is 11.6. The molecule has 0 atom stereocenters. The molecule has 1 heterocycles. The van der Waals surface area contributed by atoms with Gasteiger partial charge in [0.25, 0.3) is 5.91 Å². The second-order valence-electron chi connectivity index (χ2n) is 4.29. The maximum absolute atomic E-state index is 11.9. The summed E-state index contributed by atoms with van der Waals surface area (Å²) in [5.41, 5.74) is 6.64. The average molecular weight is 262 g/mol. The summed E-state index contributed by atoms with van der Waals surface area (Å²) < 4.78 is 35.7. The third-order valence-electron chi connectivity index (χ3n) is 2.73. The van der Waals surface area contributed by atoms with E-state index in [0.717, 1.165) is 12.8 Å². The molecule has 0 spiro atoms. The fourth-order valence-corrected chi connectivity index (χ4v) is 1.62. The first kappa shape index (κ1) is 12.7. The number of alkyl halides is 3. The van der Waals surface area contributed by atoms with Gasteiger partial charge < -0.3 is 11.1 Å². The first-order valence-electron chi connectivity index (χ1n) is 5.57. The number of nitrogens with one attached hydrogen (secondary N) is 2. The Bertz CT molecular complexity index is 450. The minimum Gasteiger partial charge on any atom is -0.395 e. The molecule has 100 valence electrons. The van der Waals surface area contributed by atoms with Crippen LogP contribution < -0.4 is 11.1 Å². The molecule has 1 fully saturated rings. The molecule has 0 aliphatic heterocycles. The van der Waals surface area contributed by atoms with Crippen LogP contribution in [0.15, 0.2) is 0 Å². The number of nitrogen functional groups attached to an aromatic ring is 1. The molecule has 0 bridgehead atoms. The molecular weight excluding hydrogens is 249 g/mol. The van der Waals surface area contributed by atoms with Crippen molar-refractivity contribution in [3.05, 3.63) is 11.4 Å². The molecule has 1 aromatic rings. The van der Waals surface area contributed by atoms with Crippen LogP contribution in [0.5, 0.6) is 0 Å². The number of aromatic nitrogens is 2. The predicted octanol–water partition coefficient (Wildman–Crippen LogP) is 1.55. The molecule has 0 unspecified atom stereocenters. The SMILES string of the molecule is Nc1c(C(=O)NCCC(F)(F)F)n[nH]c1C1CC1. The highest BCUT2D eigenvalue weighted by Gasteiger charge is 2.31. The lowest BCUT2D eigenvalue weighted by Gasteiger charge is -2.06. The number of carbonyl (C=O) groups excluding carboxylic acids is 1. The van der Waals surface area contributed by atoms with E-state index in [1.165, 1.54) is 0 Å². The van der Waals surface area contributed by atoms with E-state index >= 15 is 0 Å². The number of hydrogen-bond donors (Lipinski definition) is 3. The van der Waals surface area contributed by atoms with Crippen molar-refractivity contribution in [1.82, 2.24) is 15.5 Å². The van der Waals surface area contributed by atoms with Gasteiger partial charge in [0.05, 0.1) is 17.8 Å². The third-order valence-corrected chi connectivity index (χ3v) is 2.73. The summed E-state index contributed by atoms with van der Waals surface area (Å²) in [6.07, 6.45) is -3.38. The number of anilines is 1. The van der Waals surface area contributed by atoms with Gasteiger partial charge in [0.1, 0.15) is 0 Å². The van der Waals surface area contributed by atoms with Gasteiger partial charge in [-0.05, 0) is 12.8 Å².